The number of carbonyl (C=O) groups is 1. The van der Waals surface area contributed by atoms with Crippen molar-refractivity contribution in [3.05, 3.63) is 0 Å². The summed E-state index contributed by atoms with van der Waals surface area (Å²) < 4.78 is 11.2. The minimum Gasteiger partial charge on any atom is -0.394 e. The maximum Gasteiger partial charge on any atom is 0.249 e. The largest absolute Gasteiger partial charge is 0.394 e. The SMILES string of the molecule is CCCCCCCCCCCCCCCCC(O)C(COC1OC(CO)C(O)C(O)C1O)NC(=O)C(O)CCCCCCCCCCCCCCC. The third kappa shape index (κ3) is 23.8. The first-order valence-electron chi connectivity index (χ1n) is 21.8. The van der Waals surface area contributed by atoms with Crippen molar-refractivity contribution >= 4 is 5.91 Å². The molecule has 10 heteroatoms. The second kappa shape index (κ2) is 33.5. The lowest BCUT2D eigenvalue weighted by Gasteiger charge is -2.40. The molecule has 1 amide bonds. The molecule has 1 aliphatic heterocycles. The number of nitrogens with one attached hydrogen (secondary N) is 1. The van der Waals surface area contributed by atoms with Crippen molar-refractivity contribution in [3.8, 4) is 0 Å². The summed E-state index contributed by atoms with van der Waals surface area (Å²) in [5.74, 6) is -0.582. The predicted octanol–water partition coefficient (Wildman–Crippen LogP) is 7.36. The Morgan fingerprint density at radius 1 is 0.577 bits per heavy atom. The number of aliphatic hydroxyl groups excluding tert-OH is 6. The van der Waals surface area contributed by atoms with Crippen molar-refractivity contribution in [1.82, 2.24) is 5.32 Å². The van der Waals surface area contributed by atoms with E-state index in [-0.39, 0.29) is 6.61 Å². The van der Waals surface area contributed by atoms with E-state index in [9.17, 15) is 35.4 Å². The highest BCUT2D eigenvalue weighted by Gasteiger charge is 2.44. The Bertz CT molecular complexity index is 803. The molecular formula is C42H83NO9. The Kier molecular flexibility index (Phi) is 31.7. The summed E-state index contributed by atoms with van der Waals surface area (Å²) in [6, 6.07) is -0.886. The van der Waals surface area contributed by atoms with Gasteiger partial charge in [0.25, 0.3) is 0 Å². The third-order valence-corrected chi connectivity index (χ3v) is 10.8. The molecule has 0 radical (unpaired) electrons. The van der Waals surface area contributed by atoms with Gasteiger partial charge in [0.1, 0.15) is 30.5 Å². The second-order valence-corrected chi connectivity index (χ2v) is 15.6. The van der Waals surface area contributed by atoms with Gasteiger partial charge in [-0.25, -0.2) is 0 Å². The molecule has 1 heterocycles. The van der Waals surface area contributed by atoms with Crippen LogP contribution < -0.4 is 5.32 Å². The van der Waals surface area contributed by atoms with E-state index in [0.29, 0.717) is 12.8 Å². The fourth-order valence-electron chi connectivity index (χ4n) is 7.17. The van der Waals surface area contributed by atoms with Crippen LogP contribution in [-0.4, -0.2) is 98.7 Å². The van der Waals surface area contributed by atoms with Gasteiger partial charge in [-0.15, -0.1) is 0 Å². The normalized spacial score (nSPS) is 22.3. The van der Waals surface area contributed by atoms with Gasteiger partial charge >= 0.3 is 0 Å². The van der Waals surface area contributed by atoms with E-state index in [4.69, 9.17) is 9.47 Å². The van der Waals surface area contributed by atoms with Gasteiger partial charge in [-0.1, -0.05) is 187 Å². The minimum atomic E-state index is -1.59. The maximum atomic E-state index is 13.0. The smallest absolute Gasteiger partial charge is 0.249 e. The molecule has 8 unspecified atom stereocenters. The third-order valence-electron chi connectivity index (χ3n) is 10.8. The van der Waals surface area contributed by atoms with Gasteiger partial charge in [-0.3, -0.25) is 4.79 Å². The Labute approximate surface area is 317 Å². The molecule has 0 aromatic rings. The molecule has 0 saturated carbocycles. The first-order chi connectivity index (χ1) is 25.3. The summed E-state index contributed by atoms with van der Waals surface area (Å²) in [7, 11) is 0. The summed E-state index contributed by atoms with van der Waals surface area (Å²) >= 11 is 0. The number of ether oxygens (including phenoxy) is 2. The Morgan fingerprint density at radius 3 is 1.37 bits per heavy atom. The van der Waals surface area contributed by atoms with E-state index in [1.807, 2.05) is 0 Å². The van der Waals surface area contributed by atoms with Gasteiger partial charge in [0, 0.05) is 0 Å². The predicted molar refractivity (Wildman–Crippen MR) is 209 cm³/mol. The molecule has 0 aliphatic carbocycles. The lowest BCUT2D eigenvalue weighted by Crippen LogP contribution is -2.60. The van der Waals surface area contributed by atoms with E-state index >= 15 is 0 Å². The number of aliphatic hydroxyl groups is 6. The fourth-order valence-corrected chi connectivity index (χ4v) is 7.17. The average Bonchev–Trinajstić information content (AvgIpc) is 3.14. The van der Waals surface area contributed by atoms with E-state index < -0.39 is 61.5 Å². The molecule has 0 bridgehead atoms. The van der Waals surface area contributed by atoms with Crippen LogP contribution in [0.3, 0.4) is 0 Å². The Balaban J connectivity index is 2.42. The first kappa shape index (κ1) is 49.2. The highest BCUT2D eigenvalue weighted by atomic mass is 16.7. The first-order valence-corrected chi connectivity index (χ1v) is 21.8. The van der Waals surface area contributed by atoms with Crippen molar-refractivity contribution in [2.24, 2.45) is 0 Å². The Morgan fingerprint density at radius 2 is 0.962 bits per heavy atom. The highest BCUT2D eigenvalue weighted by molar-refractivity contribution is 5.80. The van der Waals surface area contributed by atoms with Gasteiger partial charge in [0.05, 0.1) is 25.4 Å². The molecular weight excluding hydrogens is 662 g/mol. The molecule has 0 spiro atoms. The summed E-state index contributed by atoms with van der Waals surface area (Å²) in [6.45, 7) is 3.66. The molecule has 1 saturated heterocycles. The quantitative estimate of drug-likeness (QED) is 0.0324. The van der Waals surface area contributed by atoms with Crippen LogP contribution in [0.2, 0.25) is 0 Å². The molecule has 7 N–H and O–H groups in total. The summed E-state index contributed by atoms with van der Waals surface area (Å²) in [6.07, 6.45) is 24.3. The van der Waals surface area contributed by atoms with Gasteiger partial charge in [-0.05, 0) is 12.8 Å². The van der Waals surface area contributed by atoms with Crippen molar-refractivity contribution in [2.75, 3.05) is 13.2 Å². The van der Waals surface area contributed by atoms with Gasteiger partial charge in [0.2, 0.25) is 5.91 Å². The fraction of sp³-hybridized carbons (Fsp3) is 0.976. The lowest BCUT2D eigenvalue weighted by atomic mass is 9.99. The van der Waals surface area contributed by atoms with Crippen LogP contribution in [0.5, 0.6) is 0 Å². The molecule has 0 aromatic carbocycles. The molecule has 0 aromatic heterocycles. The van der Waals surface area contributed by atoms with Crippen LogP contribution in [-0.2, 0) is 14.3 Å². The van der Waals surface area contributed by atoms with E-state index in [1.165, 1.54) is 135 Å². The van der Waals surface area contributed by atoms with Gasteiger partial charge < -0.3 is 45.4 Å². The van der Waals surface area contributed by atoms with Crippen LogP contribution in [0.15, 0.2) is 0 Å². The maximum absolute atomic E-state index is 13.0. The van der Waals surface area contributed by atoms with Crippen LogP contribution in [0.1, 0.15) is 200 Å². The number of amides is 1. The standard InChI is InChI=1S/C42H83NO9/c1-3-5-7-9-11-13-15-17-19-20-22-24-26-28-30-35(45)34(33-51-42-40(49)39(48)38(47)37(32-44)52-42)43-41(50)36(46)31-29-27-25-23-21-18-16-14-12-10-8-6-4-2/h34-40,42,44-49H,3-33H2,1-2H3,(H,43,50). The molecule has 1 fully saturated rings. The zero-order valence-corrected chi connectivity index (χ0v) is 33.4. The van der Waals surface area contributed by atoms with Crippen molar-refractivity contribution in [3.63, 3.8) is 0 Å². The summed E-state index contributed by atoms with van der Waals surface area (Å²) in [4.78, 5) is 13.0. The molecule has 8 atom stereocenters. The number of carbonyl (C=O) groups excluding carboxylic acids is 1. The van der Waals surface area contributed by atoms with Gasteiger partial charge in [0.15, 0.2) is 6.29 Å². The van der Waals surface area contributed by atoms with Crippen molar-refractivity contribution in [2.45, 2.75) is 249 Å². The van der Waals surface area contributed by atoms with Crippen molar-refractivity contribution in [1.29, 1.82) is 0 Å². The van der Waals surface area contributed by atoms with Gasteiger partial charge in [-0.2, -0.15) is 0 Å². The molecule has 310 valence electrons. The zero-order chi connectivity index (χ0) is 38.2. The monoisotopic (exact) mass is 746 g/mol. The number of hydrogen-bond acceptors (Lipinski definition) is 9. The van der Waals surface area contributed by atoms with E-state index in [1.54, 1.807) is 0 Å². The van der Waals surface area contributed by atoms with Crippen LogP contribution in [0.4, 0.5) is 0 Å². The molecule has 52 heavy (non-hydrogen) atoms. The number of hydrogen-bond donors (Lipinski definition) is 7. The number of unbranched alkanes of at least 4 members (excludes halogenated alkanes) is 25. The highest BCUT2D eigenvalue weighted by Crippen LogP contribution is 2.23. The van der Waals surface area contributed by atoms with Crippen LogP contribution in [0.25, 0.3) is 0 Å². The second-order valence-electron chi connectivity index (χ2n) is 15.6. The molecule has 10 nitrogen and oxygen atoms in total. The molecule has 1 rings (SSSR count). The topological polar surface area (TPSA) is 169 Å². The van der Waals surface area contributed by atoms with E-state index in [2.05, 4.69) is 19.2 Å². The zero-order valence-electron chi connectivity index (χ0n) is 33.4. The van der Waals surface area contributed by atoms with Crippen molar-refractivity contribution < 1.29 is 44.9 Å². The summed E-state index contributed by atoms with van der Waals surface area (Å²) in [5, 5.41) is 64.7. The Hall–Kier alpha value is -0.850. The van der Waals surface area contributed by atoms with Crippen LogP contribution >= 0.6 is 0 Å². The summed E-state index contributed by atoms with van der Waals surface area (Å²) in [5.41, 5.74) is 0. The lowest BCUT2D eigenvalue weighted by molar-refractivity contribution is -0.302. The van der Waals surface area contributed by atoms with Crippen LogP contribution in [0, 0.1) is 0 Å². The minimum absolute atomic E-state index is 0.250. The number of rotatable bonds is 36. The average molecular weight is 746 g/mol. The molecule has 1 aliphatic rings. The van der Waals surface area contributed by atoms with E-state index in [0.717, 1.165) is 38.5 Å².